The minimum Gasteiger partial charge on any atom is -0.478 e. The molecule has 3 heteroatoms. The molecule has 0 radical (unpaired) electrons. The molecule has 0 aliphatic rings. The maximum Gasteiger partial charge on any atom is 0.337 e. The molecule has 3 nitrogen and oxygen atoms in total. The lowest BCUT2D eigenvalue weighted by atomic mass is 9.97. The van der Waals surface area contributed by atoms with Crippen LogP contribution < -0.4 is 0 Å². The van der Waals surface area contributed by atoms with E-state index >= 15 is 0 Å². The molecule has 1 N–H and O–H groups in total. The molecule has 19 heavy (non-hydrogen) atoms. The fourth-order valence-electron chi connectivity index (χ4n) is 2.11. The van der Waals surface area contributed by atoms with Gasteiger partial charge < -0.3 is 5.11 Å². The Labute approximate surface area is 112 Å². The van der Waals surface area contributed by atoms with Gasteiger partial charge in [-0.1, -0.05) is 38.1 Å². The third kappa shape index (κ3) is 3.19. The van der Waals surface area contributed by atoms with Gasteiger partial charge in [0, 0.05) is 12.4 Å². The molecule has 0 saturated heterocycles. The van der Waals surface area contributed by atoms with E-state index in [9.17, 15) is 4.79 Å². The number of nitrogens with zero attached hydrogens (tertiary/aromatic N) is 1. The molecule has 0 bridgehead atoms. The predicted octanol–water partition coefficient (Wildman–Crippen LogP) is 3.65. The van der Waals surface area contributed by atoms with Gasteiger partial charge in [-0.3, -0.25) is 4.98 Å². The van der Waals surface area contributed by atoms with Gasteiger partial charge in [0.15, 0.2) is 0 Å². The van der Waals surface area contributed by atoms with Gasteiger partial charge in [-0.15, -0.1) is 0 Å². The topological polar surface area (TPSA) is 50.2 Å². The van der Waals surface area contributed by atoms with Crippen LogP contribution in [0.4, 0.5) is 0 Å². The average molecular weight is 255 g/mol. The highest BCUT2D eigenvalue weighted by Gasteiger charge is 2.11. The Hall–Kier alpha value is -2.16. The van der Waals surface area contributed by atoms with Crippen LogP contribution in [-0.2, 0) is 6.42 Å². The number of pyridine rings is 1. The van der Waals surface area contributed by atoms with E-state index in [0.29, 0.717) is 11.5 Å². The lowest BCUT2D eigenvalue weighted by Gasteiger charge is -2.08. The van der Waals surface area contributed by atoms with Crippen molar-refractivity contribution in [2.45, 2.75) is 20.3 Å². The summed E-state index contributed by atoms with van der Waals surface area (Å²) in [7, 11) is 0. The summed E-state index contributed by atoms with van der Waals surface area (Å²) in [6, 6.07) is 9.79. The summed E-state index contributed by atoms with van der Waals surface area (Å²) < 4.78 is 0. The molecule has 0 fully saturated rings. The van der Waals surface area contributed by atoms with Crippen LogP contribution in [-0.4, -0.2) is 16.1 Å². The number of carbonyl (C=O) groups is 1. The predicted molar refractivity (Wildman–Crippen MR) is 75.2 cm³/mol. The molecule has 0 amide bonds. The quantitative estimate of drug-likeness (QED) is 0.907. The van der Waals surface area contributed by atoms with Crippen molar-refractivity contribution < 1.29 is 9.90 Å². The summed E-state index contributed by atoms with van der Waals surface area (Å²) in [6.07, 6.45) is 4.03. The van der Waals surface area contributed by atoms with Crippen LogP contribution in [0.5, 0.6) is 0 Å². The number of carboxylic acids is 1. The normalized spacial score (nSPS) is 10.7. The van der Waals surface area contributed by atoms with Crippen molar-refractivity contribution in [2.24, 2.45) is 5.92 Å². The van der Waals surface area contributed by atoms with Gasteiger partial charge >= 0.3 is 5.97 Å². The van der Waals surface area contributed by atoms with Gasteiger partial charge in [-0.05, 0) is 35.1 Å². The molecular formula is C16H17NO2. The highest BCUT2D eigenvalue weighted by atomic mass is 16.4. The Bertz CT molecular complexity index is 574. The van der Waals surface area contributed by atoms with Crippen molar-refractivity contribution in [2.75, 3.05) is 0 Å². The number of hydrogen-bond acceptors (Lipinski definition) is 2. The molecular weight excluding hydrogens is 238 g/mol. The van der Waals surface area contributed by atoms with Crippen LogP contribution >= 0.6 is 0 Å². The second-order valence-corrected chi connectivity index (χ2v) is 5.02. The summed E-state index contributed by atoms with van der Waals surface area (Å²) in [4.78, 5) is 15.0. The molecule has 0 saturated carbocycles. The Morgan fingerprint density at radius 2 is 1.89 bits per heavy atom. The lowest BCUT2D eigenvalue weighted by molar-refractivity contribution is 0.0697. The molecule has 0 aliphatic carbocycles. The minimum atomic E-state index is -0.950. The van der Waals surface area contributed by atoms with E-state index in [4.69, 9.17) is 5.11 Å². The van der Waals surface area contributed by atoms with Crippen molar-refractivity contribution in [3.05, 3.63) is 53.9 Å². The summed E-state index contributed by atoms with van der Waals surface area (Å²) in [5.41, 5.74) is 3.12. The molecule has 98 valence electrons. The first-order chi connectivity index (χ1) is 9.08. The van der Waals surface area contributed by atoms with E-state index in [1.54, 1.807) is 12.3 Å². The van der Waals surface area contributed by atoms with E-state index in [1.165, 1.54) is 11.8 Å². The second kappa shape index (κ2) is 5.65. The van der Waals surface area contributed by atoms with Gasteiger partial charge in [0.05, 0.1) is 5.56 Å². The van der Waals surface area contributed by atoms with Crippen LogP contribution in [0.25, 0.3) is 11.1 Å². The second-order valence-electron chi connectivity index (χ2n) is 5.02. The van der Waals surface area contributed by atoms with Crippen LogP contribution in [0, 0.1) is 5.92 Å². The molecule has 0 spiro atoms. The zero-order valence-corrected chi connectivity index (χ0v) is 11.1. The first kappa shape index (κ1) is 13.3. The van der Waals surface area contributed by atoms with Crippen LogP contribution in [0.3, 0.4) is 0 Å². The number of aromatic nitrogens is 1. The fourth-order valence-corrected chi connectivity index (χ4v) is 2.11. The summed E-state index contributed by atoms with van der Waals surface area (Å²) >= 11 is 0. The third-order valence-corrected chi connectivity index (χ3v) is 2.96. The van der Waals surface area contributed by atoms with Gasteiger partial charge in [0.25, 0.3) is 0 Å². The van der Waals surface area contributed by atoms with E-state index in [1.807, 2.05) is 12.1 Å². The number of carboxylic acid groups (broad SMARTS) is 1. The van der Waals surface area contributed by atoms with Crippen molar-refractivity contribution in [1.29, 1.82) is 0 Å². The van der Waals surface area contributed by atoms with Crippen molar-refractivity contribution in [3.63, 3.8) is 0 Å². The van der Waals surface area contributed by atoms with E-state index < -0.39 is 5.97 Å². The molecule has 0 unspecified atom stereocenters. The average Bonchev–Trinajstić information content (AvgIpc) is 2.39. The Balaban J connectivity index is 2.35. The largest absolute Gasteiger partial charge is 0.478 e. The Kier molecular flexibility index (Phi) is 3.95. The lowest BCUT2D eigenvalue weighted by Crippen LogP contribution is -2.00. The van der Waals surface area contributed by atoms with Crippen LogP contribution in [0.2, 0.25) is 0 Å². The van der Waals surface area contributed by atoms with Gasteiger partial charge in [0.2, 0.25) is 0 Å². The van der Waals surface area contributed by atoms with E-state index in [2.05, 4.69) is 31.0 Å². The third-order valence-electron chi connectivity index (χ3n) is 2.96. The molecule has 2 aromatic rings. The van der Waals surface area contributed by atoms with Crippen LogP contribution in [0.1, 0.15) is 29.8 Å². The first-order valence-corrected chi connectivity index (χ1v) is 6.34. The Morgan fingerprint density at radius 3 is 2.47 bits per heavy atom. The molecule has 0 aliphatic heterocycles. The maximum absolute atomic E-state index is 11.2. The fraction of sp³-hybridized carbons (Fsp3) is 0.250. The smallest absolute Gasteiger partial charge is 0.337 e. The van der Waals surface area contributed by atoms with E-state index in [0.717, 1.165) is 12.0 Å². The summed E-state index contributed by atoms with van der Waals surface area (Å²) in [6.45, 7) is 4.36. The maximum atomic E-state index is 11.2. The number of aromatic carboxylic acids is 1. The number of benzene rings is 1. The SMILES string of the molecule is CC(C)Cc1ccc(-c2ccncc2C(=O)O)cc1. The van der Waals surface area contributed by atoms with Gasteiger partial charge in [-0.2, -0.15) is 0 Å². The van der Waals surface area contributed by atoms with Crippen molar-refractivity contribution in [3.8, 4) is 11.1 Å². The first-order valence-electron chi connectivity index (χ1n) is 6.34. The summed E-state index contributed by atoms with van der Waals surface area (Å²) in [5.74, 6) is -0.337. The van der Waals surface area contributed by atoms with Gasteiger partial charge in [0.1, 0.15) is 0 Å². The molecule has 1 heterocycles. The summed E-state index contributed by atoms with van der Waals surface area (Å²) in [5, 5.41) is 9.16. The monoisotopic (exact) mass is 255 g/mol. The number of rotatable bonds is 4. The minimum absolute atomic E-state index is 0.235. The zero-order chi connectivity index (χ0) is 13.8. The van der Waals surface area contributed by atoms with Crippen molar-refractivity contribution in [1.82, 2.24) is 4.98 Å². The van der Waals surface area contributed by atoms with Gasteiger partial charge in [-0.25, -0.2) is 4.79 Å². The standard InChI is InChI=1S/C16H17NO2/c1-11(2)9-12-3-5-13(6-4-12)14-7-8-17-10-15(14)16(18)19/h3-8,10-11H,9H2,1-2H3,(H,18,19). The highest BCUT2D eigenvalue weighted by molar-refractivity contribution is 5.95. The Morgan fingerprint density at radius 1 is 1.21 bits per heavy atom. The highest BCUT2D eigenvalue weighted by Crippen LogP contribution is 2.24. The zero-order valence-electron chi connectivity index (χ0n) is 11.1. The van der Waals surface area contributed by atoms with Crippen molar-refractivity contribution >= 4 is 5.97 Å². The molecule has 0 atom stereocenters. The molecule has 2 rings (SSSR count). The molecule has 1 aromatic carbocycles. The number of hydrogen-bond donors (Lipinski definition) is 1. The van der Waals surface area contributed by atoms with E-state index in [-0.39, 0.29) is 5.56 Å². The molecule has 1 aromatic heterocycles. The van der Waals surface area contributed by atoms with Crippen LogP contribution in [0.15, 0.2) is 42.7 Å².